The maximum absolute atomic E-state index is 4.16. The van der Waals surface area contributed by atoms with Crippen LogP contribution in [0.1, 0.15) is 46.0 Å². The van der Waals surface area contributed by atoms with E-state index in [4.69, 9.17) is 0 Å². The maximum Gasteiger partial charge on any atom is -0.0169 e. The van der Waals surface area contributed by atoms with E-state index in [0.29, 0.717) is 0 Å². The number of rotatable bonds is 2. The zero-order valence-electron chi connectivity index (χ0n) is 8.40. The summed E-state index contributed by atoms with van der Waals surface area (Å²) in [6, 6.07) is 0. The minimum atomic E-state index is 0.787. The first-order valence-electron chi connectivity index (χ1n) is 5.03. The minimum Gasteiger partial charge on any atom is -0.0996 e. The molecule has 0 spiro atoms. The Morgan fingerprint density at radius 3 is 2.92 bits per heavy atom. The van der Waals surface area contributed by atoms with Crippen molar-refractivity contribution in [3.8, 4) is 0 Å². The van der Waals surface area contributed by atoms with Crippen LogP contribution in [0.4, 0.5) is 0 Å². The van der Waals surface area contributed by atoms with Crippen molar-refractivity contribution in [2.24, 2.45) is 5.92 Å². The highest BCUT2D eigenvalue weighted by molar-refractivity contribution is 5.09. The van der Waals surface area contributed by atoms with Gasteiger partial charge in [0.05, 0.1) is 0 Å². The molecule has 0 bridgehead atoms. The molecule has 0 aliphatic heterocycles. The van der Waals surface area contributed by atoms with Gasteiger partial charge in [-0.1, -0.05) is 30.2 Å². The average molecular weight is 164 g/mol. The molecule has 0 aromatic carbocycles. The van der Waals surface area contributed by atoms with Crippen LogP contribution in [0.2, 0.25) is 0 Å². The van der Waals surface area contributed by atoms with Gasteiger partial charge >= 0.3 is 0 Å². The van der Waals surface area contributed by atoms with Crippen molar-refractivity contribution in [3.63, 3.8) is 0 Å². The monoisotopic (exact) mass is 164 g/mol. The Hall–Kier alpha value is -0.520. The van der Waals surface area contributed by atoms with Crippen molar-refractivity contribution < 1.29 is 0 Å². The first-order valence-corrected chi connectivity index (χ1v) is 5.03. The van der Waals surface area contributed by atoms with Crippen LogP contribution in [-0.2, 0) is 0 Å². The topological polar surface area (TPSA) is 0 Å². The van der Waals surface area contributed by atoms with Crippen LogP contribution in [-0.4, -0.2) is 0 Å². The Labute approximate surface area is 76.4 Å². The summed E-state index contributed by atoms with van der Waals surface area (Å²) in [7, 11) is 0. The van der Waals surface area contributed by atoms with Crippen molar-refractivity contribution >= 4 is 0 Å². The predicted octanol–water partition coefficient (Wildman–Crippen LogP) is 4.09. The highest BCUT2D eigenvalue weighted by atomic mass is 14.2. The summed E-state index contributed by atoms with van der Waals surface area (Å²) in [5.41, 5.74) is 3.01. The van der Waals surface area contributed by atoms with Crippen molar-refractivity contribution in [1.29, 1.82) is 0 Å². The summed E-state index contributed by atoms with van der Waals surface area (Å²) < 4.78 is 0. The molecular formula is C12H20. The Balaban J connectivity index is 2.44. The molecule has 1 aliphatic rings. The molecule has 1 fully saturated rings. The normalized spacial score (nSPS) is 26.0. The summed E-state index contributed by atoms with van der Waals surface area (Å²) in [5, 5.41) is 0. The minimum absolute atomic E-state index is 0.787. The van der Waals surface area contributed by atoms with Crippen molar-refractivity contribution in [2.75, 3.05) is 0 Å². The fourth-order valence-corrected chi connectivity index (χ4v) is 1.90. The van der Waals surface area contributed by atoms with Gasteiger partial charge < -0.3 is 0 Å². The zero-order valence-corrected chi connectivity index (χ0v) is 8.40. The molecular weight excluding hydrogens is 144 g/mol. The quantitative estimate of drug-likeness (QED) is 0.539. The van der Waals surface area contributed by atoms with E-state index in [9.17, 15) is 0 Å². The lowest BCUT2D eigenvalue weighted by molar-refractivity contribution is 0.451. The molecule has 1 rings (SSSR count). The number of allylic oxidation sites excluding steroid dienone is 3. The third-order valence-electron chi connectivity index (χ3n) is 2.94. The Morgan fingerprint density at radius 1 is 1.58 bits per heavy atom. The molecule has 1 saturated carbocycles. The smallest absolute Gasteiger partial charge is 0.0169 e. The van der Waals surface area contributed by atoms with E-state index in [1.807, 2.05) is 0 Å². The third-order valence-corrected chi connectivity index (χ3v) is 2.94. The van der Waals surface area contributed by atoms with Gasteiger partial charge in [-0.05, 0) is 45.4 Å². The second-order valence-corrected chi connectivity index (χ2v) is 3.94. The Bertz CT molecular complexity index is 186. The van der Waals surface area contributed by atoms with Gasteiger partial charge in [0.2, 0.25) is 0 Å². The number of hydrogen-bond acceptors (Lipinski definition) is 0. The second kappa shape index (κ2) is 4.49. The zero-order chi connectivity index (χ0) is 8.97. The Morgan fingerprint density at radius 2 is 2.33 bits per heavy atom. The van der Waals surface area contributed by atoms with Crippen LogP contribution in [0.5, 0.6) is 0 Å². The average Bonchev–Trinajstić information content (AvgIpc) is 2.09. The molecule has 0 N–H and O–H groups in total. The summed E-state index contributed by atoms with van der Waals surface area (Å²) in [6.45, 7) is 8.51. The van der Waals surface area contributed by atoms with E-state index in [-0.39, 0.29) is 0 Å². The van der Waals surface area contributed by atoms with E-state index in [1.54, 1.807) is 0 Å². The van der Waals surface area contributed by atoms with Gasteiger partial charge in [-0.2, -0.15) is 0 Å². The summed E-state index contributed by atoms with van der Waals surface area (Å²) >= 11 is 0. The largest absolute Gasteiger partial charge is 0.0996 e. The van der Waals surface area contributed by atoms with Crippen LogP contribution in [0.25, 0.3) is 0 Å². The van der Waals surface area contributed by atoms with Gasteiger partial charge in [0, 0.05) is 0 Å². The van der Waals surface area contributed by atoms with Crippen LogP contribution in [0.3, 0.4) is 0 Å². The lowest BCUT2D eigenvalue weighted by Crippen LogP contribution is -2.09. The van der Waals surface area contributed by atoms with Crippen molar-refractivity contribution in [1.82, 2.24) is 0 Å². The molecule has 0 heterocycles. The van der Waals surface area contributed by atoms with E-state index >= 15 is 0 Å². The van der Waals surface area contributed by atoms with E-state index in [0.717, 1.165) is 5.92 Å². The first kappa shape index (κ1) is 9.57. The van der Waals surface area contributed by atoms with Crippen LogP contribution in [0, 0.1) is 5.92 Å². The molecule has 0 aromatic heterocycles. The fourth-order valence-electron chi connectivity index (χ4n) is 1.90. The van der Waals surface area contributed by atoms with Gasteiger partial charge in [0.25, 0.3) is 0 Å². The molecule has 0 saturated heterocycles. The summed E-state index contributed by atoms with van der Waals surface area (Å²) in [5.74, 6) is 0.787. The lowest BCUT2D eigenvalue weighted by atomic mass is 9.81. The molecule has 12 heavy (non-hydrogen) atoms. The summed E-state index contributed by atoms with van der Waals surface area (Å²) in [4.78, 5) is 0. The molecule has 0 aromatic rings. The fraction of sp³-hybridized carbons (Fsp3) is 0.667. The molecule has 1 unspecified atom stereocenters. The standard InChI is InChI=1S/C12H20/c1-4-10(2)9-12-8-6-5-7-11(12)3/h4,12H,3,5-9H2,1-2H3. The van der Waals surface area contributed by atoms with Crippen LogP contribution >= 0.6 is 0 Å². The lowest BCUT2D eigenvalue weighted by Gasteiger charge is -2.24. The molecule has 1 atom stereocenters. The van der Waals surface area contributed by atoms with Gasteiger partial charge in [-0.3, -0.25) is 0 Å². The molecule has 68 valence electrons. The van der Waals surface area contributed by atoms with Crippen LogP contribution < -0.4 is 0 Å². The van der Waals surface area contributed by atoms with Crippen LogP contribution in [0.15, 0.2) is 23.8 Å². The molecule has 0 heteroatoms. The van der Waals surface area contributed by atoms with Crippen molar-refractivity contribution in [2.45, 2.75) is 46.0 Å². The SMILES string of the molecule is C=C1CCCCC1CC(C)=CC. The second-order valence-electron chi connectivity index (χ2n) is 3.94. The van der Waals surface area contributed by atoms with E-state index < -0.39 is 0 Å². The highest BCUT2D eigenvalue weighted by Gasteiger charge is 2.16. The molecule has 0 nitrogen and oxygen atoms in total. The molecule has 0 radical (unpaired) electrons. The van der Waals surface area contributed by atoms with Gasteiger partial charge in [-0.15, -0.1) is 0 Å². The Kier molecular flexibility index (Phi) is 3.58. The van der Waals surface area contributed by atoms with Crippen molar-refractivity contribution in [3.05, 3.63) is 23.8 Å². The molecule has 0 amide bonds. The maximum atomic E-state index is 4.16. The van der Waals surface area contributed by atoms with E-state index in [1.165, 1.54) is 43.3 Å². The van der Waals surface area contributed by atoms with E-state index in [2.05, 4.69) is 26.5 Å². The summed E-state index contributed by atoms with van der Waals surface area (Å²) in [6.07, 6.45) is 8.87. The van der Waals surface area contributed by atoms with Gasteiger partial charge in [0.15, 0.2) is 0 Å². The number of hydrogen-bond donors (Lipinski definition) is 0. The third kappa shape index (κ3) is 2.51. The van der Waals surface area contributed by atoms with Gasteiger partial charge in [0.1, 0.15) is 0 Å². The molecule has 1 aliphatic carbocycles. The highest BCUT2D eigenvalue weighted by Crippen LogP contribution is 2.32. The van der Waals surface area contributed by atoms with Gasteiger partial charge in [-0.25, -0.2) is 0 Å². The first-order chi connectivity index (χ1) is 5.74. The predicted molar refractivity (Wildman–Crippen MR) is 55.1 cm³/mol.